The quantitative estimate of drug-likeness (QED) is 0.865. The number of nitrogens with two attached hydrogens (primary N) is 1. The number of hydrogen-bond donors (Lipinski definition) is 1. The lowest BCUT2D eigenvalue weighted by Gasteiger charge is -2.14. The molecule has 0 amide bonds. The number of halogens is 1. The molecule has 1 aliphatic rings. The summed E-state index contributed by atoms with van der Waals surface area (Å²) in [6.45, 7) is 0. The lowest BCUT2D eigenvalue weighted by Crippen LogP contribution is -2.06. The summed E-state index contributed by atoms with van der Waals surface area (Å²) in [5.74, 6) is 0.881. The molecule has 18 heavy (non-hydrogen) atoms. The van der Waals surface area contributed by atoms with Crippen LogP contribution in [0.1, 0.15) is 31.7 Å². The third kappa shape index (κ3) is 2.03. The molecule has 0 atom stereocenters. The Kier molecular flexibility index (Phi) is 3.07. The van der Waals surface area contributed by atoms with Gasteiger partial charge in [-0.25, -0.2) is 0 Å². The Labute approximate surface area is 114 Å². The van der Waals surface area contributed by atoms with Crippen molar-refractivity contribution in [3.63, 3.8) is 0 Å². The Balaban J connectivity index is 2.03. The third-order valence-corrected chi connectivity index (χ3v) is 4.04. The van der Waals surface area contributed by atoms with Crippen LogP contribution in [-0.4, -0.2) is 14.8 Å². The van der Waals surface area contributed by atoms with Gasteiger partial charge >= 0.3 is 0 Å². The molecule has 0 unspecified atom stereocenters. The highest BCUT2D eigenvalue weighted by molar-refractivity contribution is 9.10. The van der Waals surface area contributed by atoms with E-state index >= 15 is 0 Å². The molecule has 2 N–H and O–H groups in total. The fourth-order valence-corrected chi connectivity index (χ4v) is 3.00. The van der Waals surface area contributed by atoms with E-state index in [0.717, 1.165) is 21.5 Å². The number of benzene rings is 1. The van der Waals surface area contributed by atoms with Gasteiger partial charge in [0.25, 0.3) is 0 Å². The molecule has 5 heteroatoms. The third-order valence-electron chi connectivity index (χ3n) is 3.55. The van der Waals surface area contributed by atoms with Crippen LogP contribution in [0.25, 0.3) is 11.4 Å². The van der Waals surface area contributed by atoms with Gasteiger partial charge in [-0.3, -0.25) is 0 Å². The summed E-state index contributed by atoms with van der Waals surface area (Å²) < 4.78 is 3.16. The van der Waals surface area contributed by atoms with Crippen LogP contribution in [0.15, 0.2) is 29.0 Å². The smallest absolute Gasteiger partial charge is 0.166 e. The molecule has 2 aromatic rings. The molecule has 1 aromatic carbocycles. The second-order valence-electron chi connectivity index (χ2n) is 4.73. The monoisotopic (exact) mass is 306 g/mol. The van der Waals surface area contributed by atoms with Crippen LogP contribution in [0.3, 0.4) is 0 Å². The zero-order valence-electron chi connectivity index (χ0n) is 10.0. The molecule has 0 radical (unpaired) electrons. The molecule has 0 bridgehead atoms. The van der Waals surface area contributed by atoms with Gasteiger partial charge in [-0.1, -0.05) is 28.8 Å². The van der Waals surface area contributed by atoms with Crippen molar-refractivity contribution in [2.75, 3.05) is 5.73 Å². The van der Waals surface area contributed by atoms with Crippen molar-refractivity contribution in [1.29, 1.82) is 0 Å². The molecule has 0 spiro atoms. The van der Waals surface area contributed by atoms with Crippen LogP contribution in [0.4, 0.5) is 5.69 Å². The van der Waals surface area contributed by atoms with Gasteiger partial charge in [0.15, 0.2) is 5.82 Å². The van der Waals surface area contributed by atoms with Crippen LogP contribution < -0.4 is 5.73 Å². The maximum Gasteiger partial charge on any atom is 0.166 e. The first-order valence-electron chi connectivity index (χ1n) is 6.20. The van der Waals surface area contributed by atoms with Gasteiger partial charge < -0.3 is 10.3 Å². The van der Waals surface area contributed by atoms with Crippen molar-refractivity contribution in [3.8, 4) is 11.4 Å². The zero-order chi connectivity index (χ0) is 12.5. The van der Waals surface area contributed by atoms with E-state index in [9.17, 15) is 0 Å². The standard InChI is InChI=1S/C13H15BrN4/c14-9-5-6-11(12(15)7-9)13-17-16-8-18(13)10-3-1-2-4-10/h5-8,10H,1-4,15H2. The van der Waals surface area contributed by atoms with E-state index in [1.54, 1.807) is 0 Å². The molecular weight excluding hydrogens is 292 g/mol. The molecule has 1 aromatic heterocycles. The number of hydrogen-bond acceptors (Lipinski definition) is 3. The number of nitrogen functional groups attached to an aromatic ring is 1. The maximum atomic E-state index is 6.07. The molecule has 1 aliphatic carbocycles. The number of anilines is 1. The van der Waals surface area contributed by atoms with Gasteiger partial charge in [-0.2, -0.15) is 0 Å². The molecule has 1 saturated carbocycles. The summed E-state index contributed by atoms with van der Waals surface area (Å²) in [6.07, 6.45) is 6.83. The van der Waals surface area contributed by atoms with Crippen molar-refractivity contribution in [2.24, 2.45) is 0 Å². The summed E-state index contributed by atoms with van der Waals surface area (Å²) in [4.78, 5) is 0. The molecule has 3 rings (SSSR count). The van der Waals surface area contributed by atoms with Crippen LogP contribution in [0, 0.1) is 0 Å². The van der Waals surface area contributed by atoms with Crippen LogP contribution in [0.2, 0.25) is 0 Å². The Hall–Kier alpha value is -1.36. The summed E-state index contributed by atoms with van der Waals surface area (Å²) in [5, 5.41) is 8.29. The second-order valence-corrected chi connectivity index (χ2v) is 5.65. The topological polar surface area (TPSA) is 56.7 Å². The van der Waals surface area contributed by atoms with Gasteiger partial charge in [0.2, 0.25) is 0 Å². The van der Waals surface area contributed by atoms with Crippen molar-refractivity contribution in [2.45, 2.75) is 31.7 Å². The summed E-state index contributed by atoms with van der Waals surface area (Å²) in [5.41, 5.74) is 7.76. The van der Waals surface area contributed by atoms with E-state index in [4.69, 9.17) is 5.73 Å². The number of rotatable bonds is 2. The Bertz CT molecular complexity index is 558. The normalized spacial score (nSPS) is 16.3. The summed E-state index contributed by atoms with van der Waals surface area (Å²) >= 11 is 3.42. The average Bonchev–Trinajstić information content (AvgIpc) is 2.98. The first-order valence-corrected chi connectivity index (χ1v) is 7.00. The summed E-state index contributed by atoms with van der Waals surface area (Å²) in [7, 11) is 0. The molecule has 1 fully saturated rings. The lowest BCUT2D eigenvalue weighted by atomic mass is 10.1. The first kappa shape index (κ1) is 11.7. The van der Waals surface area contributed by atoms with Gasteiger partial charge in [0, 0.05) is 21.8 Å². The highest BCUT2D eigenvalue weighted by Gasteiger charge is 2.21. The summed E-state index contributed by atoms with van der Waals surface area (Å²) in [6, 6.07) is 6.41. The Morgan fingerprint density at radius 1 is 1.28 bits per heavy atom. The zero-order valence-corrected chi connectivity index (χ0v) is 11.6. The van der Waals surface area contributed by atoms with E-state index in [2.05, 4.69) is 30.7 Å². The van der Waals surface area contributed by atoms with Crippen LogP contribution >= 0.6 is 15.9 Å². The number of aromatic nitrogens is 3. The predicted molar refractivity (Wildman–Crippen MR) is 75.1 cm³/mol. The van der Waals surface area contributed by atoms with Crippen molar-refractivity contribution in [3.05, 3.63) is 29.0 Å². The van der Waals surface area contributed by atoms with E-state index in [0.29, 0.717) is 6.04 Å². The molecule has 0 aliphatic heterocycles. The highest BCUT2D eigenvalue weighted by atomic mass is 79.9. The second kappa shape index (κ2) is 4.72. The van der Waals surface area contributed by atoms with Crippen molar-refractivity contribution < 1.29 is 0 Å². The molecular formula is C13H15BrN4. The maximum absolute atomic E-state index is 6.07. The lowest BCUT2D eigenvalue weighted by molar-refractivity contribution is 0.522. The molecule has 1 heterocycles. The molecule has 0 saturated heterocycles. The molecule has 4 nitrogen and oxygen atoms in total. The van der Waals surface area contributed by atoms with Gasteiger partial charge in [0.1, 0.15) is 6.33 Å². The van der Waals surface area contributed by atoms with Crippen molar-refractivity contribution in [1.82, 2.24) is 14.8 Å². The molecule has 94 valence electrons. The van der Waals surface area contributed by atoms with E-state index in [1.807, 2.05) is 24.5 Å². The minimum Gasteiger partial charge on any atom is -0.398 e. The average molecular weight is 307 g/mol. The van der Waals surface area contributed by atoms with Gasteiger partial charge in [-0.05, 0) is 31.0 Å². The van der Waals surface area contributed by atoms with Crippen molar-refractivity contribution >= 4 is 21.6 Å². The minimum absolute atomic E-state index is 0.526. The minimum atomic E-state index is 0.526. The SMILES string of the molecule is Nc1cc(Br)ccc1-c1nncn1C1CCCC1. The fraction of sp³-hybridized carbons (Fsp3) is 0.385. The number of nitrogens with zero attached hydrogens (tertiary/aromatic N) is 3. The Morgan fingerprint density at radius 2 is 2.06 bits per heavy atom. The van der Waals surface area contributed by atoms with E-state index in [-0.39, 0.29) is 0 Å². The van der Waals surface area contributed by atoms with Gasteiger partial charge in [-0.15, -0.1) is 10.2 Å². The van der Waals surface area contributed by atoms with Crippen LogP contribution in [-0.2, 0) is 0 Å². The van der Waals surface area contributed by atoms with Gasteiger partial charge in [0.05, 0.1) is 0 Å². The van der Waals surface area contributed by atoms with Crippen LogP contribution in [0.5, 0.6) is 0 Å². The fourth-order valence-electron chi connectivity index (χ4n) is 2.62. The Morgan fingerprint density at radius 3 is 2.78 bits per heavy atom. The van der Waals surface area contributed by atoms with E-state index < -0.39 is 0 Å². The van der Waals surface area contributed by atoms with E-state index in [1.165, 1.54) is 25.7 Å². The first-order chi connectivity index (χ1) is 8.75. The largest absolute Gasteiger partial charge is 0.398 e. The highest BCUT2D eigenvalue weighted by Crippen LogP contribution is 2.34. The predicted octanol–water partition coefficient (Wildman–Crippen LogP) is 3.40.